The summed E-state index contributed by atoms with van der Waals surface area (Å²) in [6, 6.07) is 6.93. The summed E-state index contributed by atoms with van der Waals surface area (Å²) in [6.45, 7) is 5.10. The van der Waals surface area contributed by atoms with Gasteiger partial charge in [0.05, 0.1) is 0 Å². The van der Waals surface area contributed by atoms with Crippen molar-refractivity contribution in [1.29, 1.82) is 0 Å². The molecule has 1 amide bonds. The van der Waals surface area contributed by atoms with Crippen LogP contribution in [0.2, 0.25) is 0 Å². The summed E-state index contributed by atoms with van der Waals surface area (Å²) in [5.74, 6) is -1.14. The molecule has 0 aromatic heterocycles. The van der Waals surface area contributed by atoms with Crippen molar-refractivity contribution in [3.05, 3.63) is 48.2 Å². The second-order valence-electron chi connectivity index (χ2n) is 3.68. The van der Waals surface area contributed by atoms with Crippen molar-refractivity contribution < 1.29 is 19.4 Å². The number of amides is 1. The molecule has 100 valence electrons. The van der Waals surface area contributed by atoms with Crippen LogP contribution < -0.4 is 10.1 Å². The van der Waals surface area contributed by atoms with Gasteiger partial charge in [-0.2, -0.15) is 0 Å². The number of nitrogens with one attached hydrogen (secondary N) is 1. The zero-order valence-corrected chi connectivity index (χ0v) is 10.6. The number of rotatable bonds is 6. The van der Waals surface area contributed by atoms with Gasteiger partial charge in [0.2, 0.25) is 5.91 Å². The number of para-hydroxylation sites is 1. The molecule has 0 saturated heterocycles. The Morgan fingerprint density at radius 1 is 1.42 bits per heavy atom. The lowest BCUT2D eigenvalue weighted by atomic mass is 10.1. The molecule has 0 spiro atoms. The molecule has 1 rings (SSSR count). The van der Waals surface area contributed by atoms with E-state index in [4.69, 9.17) is 9.84 Å². The fraction of sp³-hybridized carbons (Fsp3) is 0.143. The summed E-state index contributed by atoms with van der Waals surface area (Å²) in [7, 11) is 0. The summed E-state index contributed by atoms with van der Waals surface area (Å²) in [6.07, 6.45) is 2.94. The minimum atomic E-state index is -1.21. The average molecular weight is 261 g/mol. The van der Waals surface area contributed by atoms with Gasteiger partial charge < -0.3 is 15.2 Å². The van der Waals surface area contributed by atoms with Crippen LogP contribution >= 0.6 is 0 Å². The largest absolute Gasteiger partial charge is 0.489 e. The van der Waals surface area contributed by atoms with E-state index in [-0.39, 0.29) is 5.70 Å². The lowest BCUT2D eigenvalue weighted by Crippen LogP contribution is -2.24. The first-order chi connectivity index (χ1) is 9.04. The van der Waals surface area contributed by atoms with Crippen LogP contribution in [0, 0.1) is 0 Å². The zero-order chi connectivity index (χ0) is 14.3. The molecule has 0 aliphatic heterocycles. The molecule has 0 aliphatic rings. The Balaban J connectivity index is 3.08. The van der Waals surface area contributed by atoms with Crippen molar-refractivity contribution in [2.45, 2.75) is 6.92 Å². The lowest BCUT2D eigenvalue weighted by molar-refractivity contribution is -0.134. The molecule has 5 nitrogen and oxygen atoms in total. The quantitative estimate of drug-likeness (QED) is 0.605. The first kappa shape index (κ1) is 14.5. The van der Waals surface area contributed by atoms with Crippen molar-refractivity contribution in [2.24, 2.45) is 0 Å². The van der Waals surface area contributed by atoms with Gasteiger partial charge in [0.1, 0.15) is 18.1 Å². The van der Waals surface area contributed by atoms with Crippen LogP contribution in [0.15, 0.2) is 42.6 Å². The van der Waals surface area contributed by atoms with E-state index in [1.54, 1.807) is 30.3 Å². The van der Waals surface area contributed by atoms with E-state index in [2.05, 4.69) is 11.9 Å². The second kappa shape index (κ2) is 7.00. The average Bonchev–Trinajstić information content (AvgIpc) is 2.36. The highest BCUT2D eigenvalue weighted by Crippen LogP contribution is 2.20. The minimum Gasteiger partial charge on any atom is -0.489 e. The Morgan fingerprint density at radius 3 is 2.68 bits per heavy atom. The van der Waals surface area contributed by atoms with Gasteiger partial charge in [0.15, 0.2) is 0 Å². The molecule has 19 heavy (non-hydrogen) atoms. The van der Waals surface area contributed by atoms with Gasteiger partial charge in [0, 0.05) is 12.5 Å². The number of ether oxygens (including phenoxy) is 1. The third-order valence-corrected chi connectivity index (χ3v) is 2.12. The Morgan fingerprint density at radius 2 is 2.11 bits per heavy atom. The zero-order valence-electron chi connectivity index (χ0n) is 10.6. The third-order valence-electron chi connectivity index (χ3n) is 2.12. The van der Waals surface area contributed by atoms with E-state index in [1.165, 1.54) is 13.0 Å². The molecule has 0 radical (unpaired) electrons. The molecule has 1 aromatic carbocycles. The number of carbonyl (C=O) groups excluding carboxylic acids is 1. The molecule has 0 unspecified atom stereocenters. The second-order valence-corrected chi connectivity index (χ2v) is 3.68. The predicted molar refractivity (Wildman–Crippen MR) is 71.6 cm³/mol. The van der Waals surface area contributed by atoms with Crippen molar-refractivity contribution in [1.82, 2.24) is 5.32 Å². The van der Waals surface area contributed by atoms with E-state index >= 15 is 0 Å². The molecule has 1 aromatic rings. The molecular weight excluding hydrogens is 246 g/mol. The normalized spacial score (nSPS) is 10.7. The Labute approximate surface area is 111 Å². The van der Waals surface area contributed by atoms with E-state index < -0.39 is 11.9 Å². The summed E-state index contributed by atoms with van der Waals surface area (Å²) in [4.78, 5) is 22.0. The highest BCUT2D eigenvalue weighted by Gasteiger charge is 2.10. The summed E-state index contributed by atoms with van der Waals surface area (Å²) in [5, 5.41) is 11.3. The van der Waals surface area contributed by atoms with Crippen molar-refractivity contribution in [3.8, 4) is 5.75 Å². The Kier molecular flexibility index (Phi) is 5.35. The van der Waals surface area contributed by atoms with Gasteiger partial charge >= 0.3 is 5.97 Å². The first-order valence-corrected chi connectivity index (χ1v) is 5.60. The first-order valence-electron chi connectivity index (χ1n) is 5.60. The topological polar surface area (TPSA) is 75.6 Å². The summed E-state index contributed by atoms with van der Waals surface area (Å²) in [5.41, 5.74) is 0.359. The van der Waals surface area contributed by atoms with Gasteiger partial charge in [-0.15, -0.1) is 0 Å². The Hall–Kier alpha value is -2.56. The fourth-order valence-electron chi connectivity index (χ4n) is 1.38. The monoisotopic (exact) mass is 261 g/mol. The van der Waals surface area contributed by atoms with Gasteiger partial charge in [-0.25, -0.2) is 4.79 Å². The van der Waals surface area contributed by atoms with E-state index in [9.17, 15) is 9.59 Å². The third kappa shape index (κ3) is 4.67. The summed E-state index contributed by atoms with van der Waals surface area (Å²) < 4.78 is 5.40. The molecular formula is C14H15NO4. The van der Waals surface area contributed by atoms with E-state index in [0.29, 0.717) is 17.9 Å². The lowest BCUT2D eigenvalue weighted by Gasteiger charge is -2.08. The van der Waals surface area contributed by atoms with Crippen molar-refractivity contribution in [3.63, 3.8) is 0 Å². The smallest absolute Gasteiger partial charge is 0.352 e. The molecule has 0 fully saturated rings. The van der Waals surface area contributed by atoms with Gasteiger partial charge in [-0.1, -0.05) is 30.9 Å². The predicted octanol–water partition coefficient (Wildman–Crippen LogP) is 1.81. The van der Waals surface area contributed by atoms with Crippen LogP contribution in [-0.2, 0) is 9.59 Å². The maximum Gasteiger partial charge on any atom is 0.352 e. The van der Waals surface area contributed by atoms with Crippen molar-refractivity contribution >= 4 is 18.0 Å². The van der Waals surface area contributed by atoms with Crippen molar-refractivity contribution in [2.75, 3.05) is 6.61 Å². The van der Waals surface area contributed by atoms with E-state index in [0.717, 1.165) is 0 Å². The molecule has 5 heteroatoms. The van der Waals surface area contributed by atoms with Gasteiger partial charge in [-0.3, -0.25) is 4.79 Å². The fourth-order valence-corrected chi connectivity index (χ4v) is 1.38. The Bertz CT molecular complexity index is 520. The van der Waals surface area contributed by atoms with Gasteiger partial charge in [-0.05, 0) is 12.1 Å². The maximum atomic E-state index is 11.0. The van der Waals surface area contributed by atoms with Crippen LogP contribution in [0.1, 0.15) is 12.5 Å². The number of carboxylic acids is 1. The highest BCUT2D eigenvalue weighted by atomic mass is 16.5. The molecule has 0 aliphatic carbocycles. The van der Waals surface area contributed by atoms with Gasteiger partial charge in [0.25, 0.3) is 0 Å². The standard InChI is InChI=1S/C14H15NO4/c1-3-8-19-13-7-5-4-6-11(13)9-12(14(17)18)15-10(2)16/h3-7,9H,1,8H2,2H3,(H,15,16)(H,17,18). The van der Waals surface area contributed by atoms with Crippen LogP contribution in [0.5, 0.6) is 5.75 Å². The molecule has 0 atom stereocenters. The molecule has 0 saturated carbocycles. The van der Waals surface area contributed by atoms with E-state index in [1.807, 2.05) is 0 Å². The molecule has 0 bridgehead atoms. The maximum absolute atomic E-state index is 11.0. The number of aliphatic carboxylic acids is 1. The summed E-state index contributed by atoms with van der Waals surface area (Å²) >= 11 is 0. The number of hydrogen-bond acceptors (Lipinski definition) is 3. The van der Waals surface area contributed by atoms with Crippen LogP contribution in [0.3, 0.4) is 0 Å². The molecule has 2 N–H and O–H groups in total. The number of carbonyl (C=O) groups is 2. The van der Waals surface area contributed by atoms with Crippen LogP contribution in [0.4, 0.5) is 0 Å². The minimum absolute atomic E-state index is 0.206. The number of carboxylic acid groups (broad SMARTS) is 1. The number of benzene rings is 1. The molecule has 0 heterocycles. The SMILES string of the molecule is C=CCOc1ccccc1C=C(NC(C)=O)C(=O)O. The van der Waals surface area contributed by atoms with Crippen LogP contribution in [-0.4, -0.2) is 23.6 Å². The van der Waals surface area contributed by atoms with Crippen LogP contribution in [0.25, 0.3) is 6.08 Å². The number of hydrogen-bond donors (Lipinski definition) is 2. The highest BCUT2D eigenvalue weighted by molar-refractivity contribution is 5.96.